The minimum Gasteiger partial charge on any atom is -0.344 e. The highest BCUT2D eigenvalue weighted by atomic mass is 32.2. The third-order valence-corrected chi connectivity index (χ3v) is 7.68. The van der Waals surface area contributed by atoms with E-state index in [4.69, 9.17) is 0 Å². The zero-order chi connectivity index (χ0) is 23.5. The van der Waals surface area contributed by atoms with E-state index in [1.165, 1.54) is 6.07 Å². The Labute approximate surface area is 187 Å². The van der Waals surface area contributed by atoms with Gasteiger partial charge in [0.15, 0.2) is 0 Å². The highest BCUT2D eigenvalue weighted by molar-refractivity contribution is 7.83. The Morgan fingerprint density at radius 3 is 2.52 bits per heavy atom. The second kappa shape index (κ2) is 8.05. The topological polar surface area (TPSA) is 66.9 Å². The number of pyridine rings is 1. The van der Waals surface area contributed by atoms with Crippen molar-refractivity contribution in [2.45, 2.75) is 55.9 Å². The van der Waals surface area contributed by atoms with Crippen LogP contribution < -0.4 is 10.3 Å². The zero-order valence-corrected chi connectivity index (χ0v) is 18.0. The molecule has 5 rings (SSSR count). The average Bonchev–Trinajstić information content (AvgIpc) is 3.52. The van der Waals surface area contributed by atoms with Gasteiger partial charge in [-0.2, -0.15) is 13.2 Å². The SMILES string of the molecule is O=c1ccc(-c2cc3c(cc2F)c(CNS(=O)C2CC2)cn3C2CC(F)C2)c(C(F)(F)F)[nH]1. The van der Waals surface area contributed by atoms with Crippen molar-refractivity contribution in [1.29, 1.82) is 0 Å². The molecule has 0 aliphatic heterocycles. The molecule has 33 heavy (non-hydrogen) atoms. The van der Waals surface area contributed by atoms with E-state index in [9.17, 15) is 26.6 Å². The van der Waals surface area contributed by atoms with Gasteiger partial charge in [0.2, 0.25) is 5.56 Å². The summed E-state index contributed by atoms with van der Waals surface area (Å²) in [6, 6.07) is 4.10. The molecule has 2 fully saturated rings. The van der Waals surface area contributed by atoms with E-state index in [1.54, 1.807) is 15.7 Å². The van der Waals surface area contributed by atoms with Crippen LogP contribution in [0.4, 0.5) is 22.0 Å². The molecule has 2 saturated carbocycles. The first-order valence-corrected chi connectivity index (χ1v) is 11.7. The van der Waals surface area contributed by atoms with Gasteiger partial charge in [-0.25, -0.2) is 17.7 Å². The molecule has 1 atom stereocenters. The number of hydrogen-bond donors (Lipinski definition) is 2. The van der Waals surface area contributed by atoms with Gasteiger partial charge in [0.05, 0.1) is 11.0 Å². The molecule has 11 heteroatoms. The number of fused-ring (bicyclic) bond motifs is 1. The summed E-state index contributed by atoms with van der Waals surface area (Å²) in [6.45, 7) is 0.184. The summed E-state index contributed by atoms with van der Waals surface area (Å²) in [7, 11) is -1.23. The molecule has 176 valence electrons. The monoisotopic (exact) mass is 485 g/mol. The minimum atomic E-state index is -4.89. The molecule has 3 aromatic rings. The number of alkyl halides is 4. The van der Waals surface area contributed by atoms with Gasteiger partial charge >= 0.3 is 6.18 Å². The second-order valence-electron chi connectivity index (χ2n) is 8.56. The number of hydrogen-bond acceptors (Lipinski definition) is 2. The number of halogens is 5. The van der Waals surface area contributed by atoms with E-state index in [0.717, 1.165) is 31.0 Å². The Morgan fingerprint density at radius 2 is 1.88 bits per heavy atom. The van der Waals surface area contributed by atoms with Crippen molar-refractivity contribution in [2.24, 2.45) is 0 Å². The molecule has 0 bridgehead atoms. The second-order valence-corrected chi connectivity index (χ2v) is 10.1. The first-order valence-electron chi connectivity index (χ1n) is 10.5. The van der Waals surface area contributed by atoms with E-state index in [1.807, 2.05) is 0 Å². The van der Waals surface area contributed by atoms with Crippen LogP contribution in [0.3, 0.4) is 0 Å². The van der Waals surface area contributed by atoms with Crippen molar-refractivity contribution in [1.82, 2.24) is 14.3 Å². The highest BCUT2D eigenvalue weighted by Crippen LogP contribution is 2.41. The lowest BCUT2D eigenvalue weighted by Gasteiger charge is -2.31. The van der Waals surface area contributed by atoms with Gasteiger partial charge in [-0.05, 0) is 49.4 Å². The highest BCUT2D eigenvalue weighted by Gasteiger charge is 2.36. The van der Waals surface area contributed by atoms with Gasteiger partial charge in [0.25, 0.3) is 0 Å². The smallest absolute Gasteiger partial charge is 0.344 e. The number of nitrogens with zero attached hydrogens (tertiary/aromatic N) is 1. The molecule has 1 aromatic carbocycles. The number of nitrogens with one attached hydrogen (secondary N) is 2. The van der Waals surface area contributed by atoms with Crippen LogP contribution in [-0.4, -0.2) is 25.2 Å². The molecule has 0 amide bonds. The molecule has 2 heterocycles. The lowest BCUT2D eigenvalue weighted by Crippen LogP contribution is -2.27. The van der Waals surface area contributed by atoms with Gasteiger partial charge in [-0.1, -0.05) is 0 Å². The van der Waals surface area contributed by atoms with Crippen LogP contribution in [0.15, 0.2) is 35.3 Å². The zero-order valence-electron chi connectivity index (χ0n) is 17.2. The first kappa shape index (κ1) is 22.3. The van der Waals surface area contributed by atoms with E-state index < -0.39 is 46.0 Å². The molecule has 2 N–H and O–H groups in total. The van der Waals surface area contributed by atoms with E-state index in [2.05, 4.69) is 4.72 Å². The van der Waals surface area contributed by atoms with Crippen LogP contribution in [0.25, 0.3) is 22.0 Å². The summed E-state index contributed by atoms with van der Waals surface area (Å²) in [5, 5.41) is 0.554. The summed E-state index contributed by atoms with van der Waals surface area (Å²) in [6.07, 6.45) is -1.88. The molecular formula is C22H20F5N3O2S. The van der Waals surface area contributed by atoms with Crippen LogP contribution in [0.5, 0.6) is 0 Å². The molecular weight excluding hydrogens is 465 g/mol. The maximum absolute atomic E-state index is 15.2. The van der Waals surface area contributed by atoms with Crippen LogP contribution in [-0.2, 0) is 23.7 Å². The van der Waals surface area contributed by atoms with Crippen molar-refractivity contribution in [3.05, 3.63) is 57.9 Å². The maximum Gasteiger partial charge on any atom is 0.431 e. The van der Waals surface area contributed by atoms with Crippen molar-refractivity contribution < 1.29 is 26.2 Å². The Hall–Kier alpha value is -2.53. The van der Waals surface area contributed by atoms with Crippen molar-refractivity contribution in [3.63, 3.8) is 0 Å². The molecule has 0 saturated heterocycles. The largest absolute Gasteiger partial charge is 0.431 e. The molecule has 2 aromatic heterocycles. The van der Waals surface area contributed by atoms with Gasteiger partial charge < -0.3 is 9.55 Å². The standard InChI is InChI=1S/C22H20F5N3O2S/c23-12-5-13(6-12)30-10-11(9-28-33(32)14-1-2-14)16-7-18(24)17(8-19(16)30)15-3-4-20(31)29-21(15)22(25,26)27/h3-4,7-8,10,12-14,28H,1-2,5-6,9H2,(H,29,31). The summed E-state index contributed by atoms with van der Waals surface area (Å²) in [5.41, 5.74) is -2.00. The third kappa shape index (κ3) is 4.23. The van der Waals surface area contributed by atoms with Gasteiger partial charge in [0.1, 0.15) is 17.7 Å². The summed E-state index contributed by atoms with van der Waals surface area (Å²) < 4.78 is 86.2. The number of aromatic amines is 1. The van der Waals surface area contributed by atoms with E-state index in [-0.39, 0.29) is 36.2 Å². The van der Waals surface area contributed by atoms with Crippen LogP contribution in [0.2, 0.25) is 0 Å². The fraction of sp³-hybridized carbons (Fsp3) is 0.409. The van der Waals surface area contributed by atoms with E-state index >= 15 is 4.39 Å². The number of rotatable bonds is 6. The number of aromatic nitrogens is 2. The minimum absolute atomic E-state index is 0.0987. The molecule has 2 aliphatic rings. The van der Waals surface area contributed by atoms with Gasteiger partial charge in [0, 0.05) is 52.1 Å². The molecule has 0 spiro atoms. The Morgan fingerprint density at radius 1 is 1.15 bits per heavy atom. The van der Waals surface area contributed by atoms with Crippen molar-refractivity contribution in [2.75, 3.05) is 0 Å². The first-order chi connectivity index (χ1) is 15.6. The van der Waals surface area contributed by atoms with Crippen molar-refractivity contribution >= 4 is 21.9 Å². The molecule has 1 unspecified atom stereocenters. The summed E-state index contributed by atoms with van der Waals surface area (Å²) in [4.78, 5) is 13.3. The maximum atomic E-state index is 15.2. The third-order valence-electron chi connectivity index (χ3n) is 6.18. The summed E-state index contributed by atoms with van der Waals surface area (Å²) in [5.74, 6) is -0.889. The predicted molar refractivity (Wildman–Crippen MR) is 114 cm³/mol. The lowest BCUT2D eigenvalue weighted by molar-refractivity contribution is -0.140. The number of benzene rings is 1. The predicted octanol–water partition coefficient (Wildman–Crippen LogP) is 4.74. The summed E-state index contributed by atoms with van der Waals surface area (Å²) >= 11 is 0. The fourth-order valence-electron chi connectivity index (χ4n) is 4.21. The Bertz CT molecular complexity index is 1310. The fourth-order valence-corrected chi connectivity index (χ4v) is 5.31. The van der Waals surface area contributed by atoms with Gasteiger partial charge in [-0.15, -0.1) is 0 Å². The van der Waals surface area contributed by atoms with E-state index in [0.29, 0.717) is 16.5 Å². The molecule has 2 aliphatic carbocycles. The Balaban J connectivity index is 1.62. The lowest BCUT2D eigenvalue weighted by atomic mass is 9.90. The normalized spacial score (nSPS) is 21.8. The van der Waals surface area contributed by atoms with Crippen LogP contribution in [0.1, 0.15) is 43.0 Å². The molecule has 0 radical (unpaired) electrons. The van der Waals surface area contributed by atoms with Crippen molar-refractivity contribution in [3.8, 4) is 11.1 Å². The van der Waals surface area contributed by atoms with Crippen LogP contribution >= 0.6 is 0 Å². The molecule has 5 nitrogen and oxygen atoms in total. The van der Waals surface area contributed by atoms with Gasteiger partial charge in [-0.3, -0.25) is 4.79 Å². The Kier molecular flexibility index (Phi) is 5.43. The quantitative estimate of drug-likeness (QED) is 0.496. The van der Waals surface area contributed by atoms with Crippen LogP contribution in [0, 0.1) is 5.82 Å². The average molecular weight is 485 g/mol. The number of H-pyrrole nitrogens is 1.